The van der Waals surface area contributed by atoms with Crippen molar-refractivity contribution in [1.29, 1.82) is 0 Å². The Morgan fingerprint density at radius 1 is 1.38 bits per heavy atom. The highest BCUT2D eigenvalue weighted by molar-refractivity contribution is 7.09. The number of hydrogen-bond donors (Lipinski definition) is 3. The first-order valence-electron chi connectivity index (χ1n) is 6.53. The predicted octanol–water partition coefficient (Wildman–Crippen LogP) is 0.661. The van der Waals surface area contributed by atoms with E-state index in [9.17, 15) is 14.4 Å². The van der Waals surface area contributed by atoms with Crippen LogP contribution in [0.15, 0.2) is 5.38 Å². The van der Waals surface area contributed by atoms with Crippen LogP contribution in [-0.2, 0) is 16.0 Å². The van der Waals surface area contributed by atoms with E-state index in [1.165, 1.54) is 23.6 Å². The summed E-state index contributed by atoms with van der Waals surface area (Å²) >= 11 is 1.24. The van der Waals surface area contributed by atoms with Crippen LogP contribution in [0, 0.1) is 5.92 Å². The Hall–Kier alpha value is -1.96. The van der Waals surface area contributed by atoms with Gasteiger partial charge in [-0.05, 0) is 5.92 Å². The van der Waals surface area contributed by atoms with Crippen molar-refractivity contribution < 1.29 is 19.5 Å². The van der Waals surface area contributed by atoms with E-state index in [-0.39, 0.29) is 23.4 Å². The molecular formula is C13H19N3O4S. The lowest BCUT2D eigenvalue weighted by molar-refractivity contribution is -0.129. The van der Waals surface area contributed by atoms with E-state index in [4.69, 9.17) is 5.11 Å². The minimum Gasteiger partial charge on any atom is -0.476 e. The summed E-state index contributed by atoms with van der Waals surface area (Å²) < 4.78 is 0. The molecule has 0 fully saturated rings. The van der Waals surface area contributed by atoms with Crippen molar-refractivity contribution in [3.63, 3.8) is 0 Å². The zero-order valence-electron chi connectivity index (χ0n) is 12.2. The number of aromatic nitrogens is 1. The van der Waals surface area contributed by atoms with Gasteiger partial charge in [-0.25, -0.2) is 9.78 Å². The molecule has 1 aromatic heterocycles. The Morgan fingerprint density at radius 3 is 2.52 bits per heavy atom. The first kappa shape index (κ1) is 17.1. The molecule has 0 aliphatic rings. The summed E-state index contributed by atoms with van der Waals surface area (Å²) in [6.45, 7) is 5.40. The second kappa shape index (κ2) is 7.72. The van der Waals surface area contributed by atoms with Gasteiger partial charge in [0.25, 0.3) is 0 Å². The lowest BCUT2D eigenvalue weighted by Gasteiger charge is -2.20. The largest absolute Gasteiger partial charge is 0.476 e. The first-order chi connectivity index (χ1) is 9.81. The molecule has 1 heterocycles. The number of carbonyl (C=O) groups excluding carboxylic acids is 2. The van der Waals surface area contributed by atoms with Gasteiger partial charge in [0, 0.05) is 25.3 Å². The monoisotopic (exact) mass is 313 g/mol. The van der Waals surface area contributed by atoms with E-state index in [1.807, 2.05) is 13.8 Å². The Bertz CT molecular complexity index is 527. The highest BCUT2D eigenvalue weighted by Gasteiger charge is 2.22. The van der Waals surface area contributed by atoms with Gasteiger partial charge in [0.05, 0.1) is 5.01 Å². The van der Waals surface area contributed by atoms with Crippen LogP contribution in [0.3, 0.4) is 0 Å². The van der Waals surface area contributed by atoms with Gasteiger partial charge in [-0.3, -0.25) is 9.59 Å². The Morgan fingerprint density at radius 2 is 2.05 bits per heavy atom. The summed E-state index contributed by atoms with van der Waals surface area (Å²) in [5.41, 5.74) is 0.0135. The number of aromatic carboxylic acids is 1. The molecule has 21 heavy (non-hydrogen) atoms. The Balaban J connectivity index is 2.47. The molecule has 2 amide bonds. The van der Waals surface area contributed by atoms with Gasteiger partial charge in [-0.1, -0.05) is 13.8 Å². The Kier molecular flexibility index (Phi) is 6.29. The normalized spacial score (nSPS) is 12.0. The molecule has 0 radical (unpaired) electrons. The molecule has 0 aromatic carbocycles. The molecule has 1 aromatic rings. The molecule has 0 aliphatic carbocycles. The lowest BCUT2D eigenvalue weighted by Crippen LogP contribution is -2.49. The molecular weight excluding hydrogens is 294 g/mol. The van der Waals surface area contributed by atoms with Crippen LogP contribution >= 0.6 is 11.3 Å². The van der Waals surface area contributed by atoms with Crippen molar-refractivity contribution in [2.45, 2.75) is 33.2 Å². The van der Waals surface area contributed by atoms with Crippen LogP contribution in [0.25, 0.3) is 0 Å². The standard InChI is InChI=1S/C13H19N3O4S/c1-7(2)11(15-8(3)17)12(18)14-5-4-10-16-9(6-21-10)13(19)20/h6-7,11H,4-5H2,1-3H3,(H,14,18)(H,15,17)(H,19,20). The van der Waals surface area contributed by atoms with E-state index < -0.39 is 12.0 Å². The van der Waals surface area contributed by atoms with E-state index in [2.05, 4.69) is 15.6 Å². The van der Waals surface area contributed by atoms with Gasteiger partial charge in [-0.2, -0.15) is 0 Å². The van der Waals surface area contributed by atoms with Crippen molar-refractivity contribution in [2.24, 2.45) is 5.92 Å². The molecule has 1 unspecified atom stereocenters. The van der Waals surface area contributed by atoms with Crippen molar-refractivity contribution >= 4 is 29.1 Å². The van der Waals surface area contributed by atoms with Gasteiger partial charge >= 0.3 is 5.97 Å². The number of rotatable bonds is 7. The third-order valence-corrected chi connectivity index (χ3v) is 3.63. The number of nitrogens with one attached hydrogen (secondary N) is 2. The third kappa shape index (κ3) is 5.50. The summed E-state index contributed by atoms with van der Waals surface area (Å²) in [7, 11) is 0. The zero-order chi connectivity index (χ0) is 16.0. The van der Waals surface area contributed by atoms with Gasteiger partial charge in [0.2, 0.25) is 11.8 Å². The molecule has 8 heteroatoms. The second-order valence-corrected chi connectivity index (χ2v) is 5.84. The number of hydrogen-bond acceptors (Lipinski definition) is 5. The summed E-state index contributed by atoms with van der Waals surface area (Å²) in [6, 6.07) is -0.576. The molecule has 0 aliphatic heterocycles. The highest BCUT2D eigenvalue weighted by Crippen LogP contribution is 2.10. The zero-order valence-corrected chi connectivity index (χ0v) is 13.0. The van der Waals surface area contributed by atoms with Crippen LogP contribution in [0.5, 0.6) is 0 Å². The number of carboxylic acids is 1. The van der Waals surface area contributed by atoms with Crippen LogP contribution in [0.2, 0.25) is 0 Å². The maximum Gasteiger partial charge on any atom is 0.355 e. The number of carbonyl (C=O) groups is 3. The molecule has 7 nitrogen and oxygen atoms in total. The van der Waals surface area contributed by atoms with Gasteiger partial charge in [0.15, 0.2) is 5.69 Å². The summed E-state index contributed by atoms with van der Waals surface area (Å²) in [6.07, 6.45) is 0.453. The topological polar surface area (TPSA) is 108 Å². The summed E-state index contributed by atoms with van der Waals surface area (Å²) in [4.78, 5) is 37.7. The van der Waals surface area contributed by atoms with Crippen LogP contribution in [0.1, 0.15) is 36.3 Å². The Labute approximate surface area is 126 Å². The van der Waals surface area contributed by atoms with Crippen LogP contribution in [-0.4, -0.2) is 40.5 Å². The average Bonchev–Trinajstić information content (AvgIpc) is 2.84. The number of amides is 2. The molecule has 0 spiro atoms. The minimum absolute atomic E-state index is 0.0135. The van der Waals surface area contributed by atoms with Crippen molar-refractivity contribution in [2.75, 3.05) is 6.54 Å². The SMILES string of the molecule is CC(=O)NC(C(=O)NCCc1nc(C(=O)O)cs1)C(C)C. The summed E-state index contributed by atoms with van der Waals surface area (Å²) in [5, 5.41) is 16.2. The molecule has 1 atom stereocenters. The van der Waals surface area contributed by atoms with Crippen LogP contribution < -0.4 is 10.6 Å². The fourth-order valence-electron chi connectivity index (χ4n) is 1.68. The molecule has 0 saturated carbocycles. The highest BCUT2D eigenvalue weighted by atomic mass is 32.1. The summed E-state index contributed by atoms with van der Waals surface area (Å²) in [5.74, 6) is -1.59. The van der Waals surface area contributed by atoms with Gasteiger partial charge in [-0.15, -0.1) is 11.3 Å². The van der Waals surface area contributed by atoms with Crippen molar-refractivity contribution in [1.82, 2.24) is 15.6 Å². The second-order valence-electron chi connectivity index (χ2n) is 4.89. The molecule has 116 valence electrons. The lowest BCUT2D eigenvalue weighted by atomic mass is 10.0. The molecule has 1 rings (SSSR count). The quantitative estimate of drug-likeness (QED) is 0.685. The first-order valence-corrected chi connectivity index (χ1v) is 7.41. The smallest absolute Gasteiger partial charge is 0.355 e. The average molecular weight is 313 g/mol. The number of carboxylic acid groups (broad SMARTS) is 1. The fraction of sp³-hybridized carbons (Fsp3) is 0.538. The molecule has 0 saturated heterocycles. The maximum atomic E-state index is 12.0. The van der Waals surface area contributed by atoms with E-state index in [1.54, 1.807) is 0 Å². The van der Waals surface area contributed by atoms with Gasteiger partial charge in [0.1, 0.15) is 6.04 Å². The minimum atomic E-state index is -1.06. The number of nitrogens with zero attached hydrogens (tertiary/aromatic N) is 1. The molecule has 0 bridgehead atoms. The van der Waals surface area contributed by atoms with E-state index in [0.717, 1.165) is 0 Å². The fourth-order valence-corrected chi connectivity index (χ4v) is 2.45. The number of thiazole rings is 1. The van der Waals surface area contributed by atoms with Crippen molar-refractivity contribution in [3.8, 4) is 0 Å². The predicted molar refractivity (Wildman–Crippen MR) is 78.2 cm³/mol. The van der Waals surface area contributed by atoms with Crippen molar-refractivity contribution in [3.05, 3.63) is 16.1 Å². The van der Waals surface area contributed by atoms with E-state index >= 15 is 0 Å². The third-order valence-electron chi connectivity index (χ3n) is 2.72. The maximum absolute atomic E-state index is 12.0. The van der Waals surface area contributed by atoms with Gasteiger partial charge < -0.3 is 15.7 Å². The van der Waals surface area contributed by atoms with Crippen LogP contribution in [0.4, 0.5) is 0 Å². The van der Waals surface area contributed by atoms with E-state index in [0.29, 0.717) is 18.0 Å². The molecule has 3 N–H and O–H groups in total.